The van der Waals surface area contributed by atoms with Crippen LogP contribution in [-0.4, -0.2) is 37.0 Å². The minimum absolute atomic E-state index is 0.0284. The quantitative estimate of drug-likeness (QED) is 0.916. The number of methoxy groups -OCH3 is 1. The summed E-state index contributed by atoms with van der Waals surface area (Å²) in [5.74, 6) is -0.0167. The summed E-state index contributed by atoms with van der Waals surface area (Å²) in [5.41, 5.74) is 0.946. The molecule has 1 aromatic carbocycles. The first-order chi connectivity index (χ1) is 9.58. The van der Waals surface area contributed by atoms with Gasteiger partial charge in [-0.15, -0.1) is 0 Å². The molecule has 0 aromatic heterocycles. The molecular weight excluding hydrogens is 259 g/mol. The molecule has 1 aromatic rings. The number of amides is 1. The van der Waals surface area contributed by atoms with E-state index in [1.165, 1.54) is 13.2 Å². The second-order valence-electron chi connectivity index (χ2n) is 5.22. The Balaban J connectivity index is 1.86. The Kier molecular flexibility index (Phi) is 4.95. The lowest BCUT2D eigenvalue weighted by atomic mass is 10.0. The van der Waals surface area contributed by atoms with E-state index in [0.717, 1.165) is 38.0 Å². The minimum atomic E-state index is -0.321. The number of nitrogens with zero attached hydrogens (tertiary/aromatic N) is 1. The van der Waals surface area contributed by atoms with Crippen molar-refractivity contribution >= 4 is 5.91 Å². The van der Waals surface area contributed by atoms with Crippen LogP contribution in [0.4, 0.5) is 4.39 Å². The van der Waals surface area contributed by atoms with Crippen LogP contribution in [0.25, 0.3) is 0 Å². The molecule has 0 unspecified atom stereocenters. The Morgan fingerprint density at radius 1 is 1.45 bits per heavy atom. The first-order valence-corrected chi connectivity index (χ1v) is 6.90. The van der Waals surface area contributed by atoms with Gasteiger partial charge in [0.05, 0.1) is 7.11 Å². The van der Waals surface area contributed by atoms with Gasteiger partial charge in [0.15, 0.2) is 11.6 Å². The van der Waals surface area contributed by atoms with E-state index in [1.807, 2.05) is 6.07 Å². The van der Waals surface area contributed by atoms with Gasteiger partial charge in [-0.2, -0.15) is 0 Å². The minimum Gasteiger partial charge on any atom is -0.494 e. The summed E-state index contributed by atoms with van der Waals surface area (Å²) < 4.78 is 18.5. The molecule has 0 bridgehead atoms. The molecule has 1 fully saturated rings. The fourth-order valence-corrected chi connectivity index (χ4v) is 2.59. The monoisotopic (exact) mass is 280 g/mol. The highest BCUT2D eigenvalue weighted by atomic mass is 19.1. The first-order valence-electron chi connectivity index (χ1n) is 6.90. The lowest BCUT2D eigenvalue weighted by molar-refractivity contribution is -0.119. The molecule has 1 aliphatic rings. The number of piperidine rings is 1. The van der Waals surface area contributed by atoms with Crippen molar-refractivity contribution in [1.82, 2.24) is 10.2 Å². The largest absolute Gasteiger partial charge is 0.494 e. The molecule has 0 saturated carbocycles. The molecule has 1 aliphatic heterocycles. The molecule has 0 aliphatic carbocycles. The number of hydrogen-bond donors (Lipinski definition) is 1. The van der Waals surface area contributed by atoms with Crippen LogP contribution >= 0.6 is 0 Å². The molecule has 1 amide bonds. The Morgan fingerprint density at radius 2 is 2.15 bits per heavy atom. The summed E-state index contributed by atoms with van der Waals surface area (Å²) in [6.45, 7) is 4.11. The number of carbonyl (C=O) groups is 1. The summed E-state index contributed by atoms with van der Waals surface area (Å²) in [7, 11) is 1.46. The Labute approximate surface area is 118 Å². The third kappa shape index (κ3) is 3.93. The van der Waals surface area contributed by atoms with Gasteiger partial charge in [0.1, 0.15) is 0 Å². The first kappa shape index (κ1) is 14.8. The van der Waals surface area contributed by atoms with Gasteiger partial charge in [0.25, 0.3) is 0 Å². The van der Waals surface area contributed by atoms with Crippen LogP contribution in [-0.2, 0) is 11.3 Å². The highest BCUT2D eigenvalue weighted by Gasteiger charge is 2.19. The van der Waals surface area contributed by atoms with Gasteiger partial charge < -0.3 is 10.1 Å². The van der Waals surface area contributed by atoms with Crippen LogP contribution in [0.5, 0.6) is 5.75 Å². The van der Waals surface area contributed by atoms with Crippen molar-refractivity contribution in [1.29, 1.82) is 0 Å². The lowest BCUT2D eigenvalue weighted by Crippen LogP contribution is -2.43. The van der Waals surface area contributed by atoms with Gasteiger partial charge in [-0.25, -0.2) is 4.39 Å². The zero-order chi connectivity index (χ0) is 14.5. The lowest BCUT2D eigenvalue weighted by Gasteiger charge is -2.32. The van der Waals surface area contributed by atoms with E-state index < -0.39 is 0 Å². The SMILES string of the molecule is COc1ccc(CN2CCC(NC(C)=O)CC2)cc1F. The van der Waals surface area contributed by atoms with E-state index >= 15 is 0 Å². The fourth-order valence-electron chi connectivity index (χ4n) is 2.59. The maximum absolute atomic E-state index is 13.6. The highest BCUT2D eigenvalue weighted by Crippen LogP contribution is 2.20. The number of nitrogens with one attached hydrogen (secondary N) is 1. The molecule has 5 heteroatoms. The third-order valence-electron chi connectivity index (χ3n) is 3.62. The van der Waals surface area contributed by atoms with Crippen LogP contribution < -0.4 is 10.1 Å². The number of halogens is 1. The fraction of sp³-hybridized carbons (Fsp3) is 0.533. The van der Waals surface area contributed by atoms with E-state index in [2.05, 4.69) is 10.2 Å². The number of carbonyl (C=O) groups excluding carboxylic acids is 1. The summed E-state index contributed by atoms with van der Waals surface area (Å²) in [6, 6.07) is 5.35. The van der Waals surface area contributed by atoms with E-state index in [0.29, 0.717) is 0 Å². The zero-order valence-electron chi connectivity index (χ0n) is 12.0. The van der Waals surface area contributed by atoms with E-state index in [-0.39, 0.29) is 23.5 Å². The molecule has 1 N–H and O–H groups in total. The molecule has 110 valence electrons. The molecule has 0 spiro atoms. The average molecular weight is 280 g/mol. The molecular formula is C15H21FN2O2. The van der Waals surface area contributed by atoms with Gasteiger partial charge in [-0.05, 0) is 30.5 Å². The zero-order valence-corrected chi connectivity index (χ0v) is 12.0. The molecule has 20 heavy (non-hydrogen) atoms. The van der Waals surface area contributed by atoms with Crippen molar-refractivity contribution < 1.29 is 13.9 Å². The smallest absolute Gasteiger partial charge is 0.217 e. The van der Waals surface area contributed by atoms with E-state index in [9.17, 15) is 9.18 Å². The highest BCUT2D eigenvalue weighted by molar-refractivity contribution is 5.73. The second kappa shape index (κ2) is 6.70. The van der Waals surface area contributed by atoms with Crippen LogP contribution in [0.1, 0.15) is 25.3 Å². The van der Waals surface area contributed by atoms with Gasteiger partial charge in [0, 0.05) is 32.6 Å². The van der Waals surface area contributed by atoms with Gasteiger partial charge in [-0.1, -0.05) is 6.07 Å². The summed E-state index contributed by atoms with van der Waals surface area (Å²) in [5, 5.41) is 2.95. The van der Waals surface area contributed by atoms with Crippen molar-refractivity contribution in [3.8, 4) is 5.75 Å². The molecule has 0 radical (unpaired) electrons. The van der Waals surface area contributed by atoms with Gasteiger partial charge >= 0.3 is 0 Å². The summed E-state index contributed by atoms with van der Waals surface area (Å²) in [4.78, 5) is 13.3. The van der Waals surface area contributed by atoms with Gasteiger partial charge in [-0.3, -0.25) is 9.69 Å². The second-order valence-corrected chi connectivity index (χ2v) is 5.22. The molecule has 0 atom stereocenters. The van der Waals surface area contributed by atoms with Crippen molar-refractivity contribution in [3.63, 3.8) is 0 Å². The van der Waals surface area contributed by atoms with E-state index in [4.69, 9.17) is 4.74 Å². The maximum atomic E-state index is 13.6. The van der Waals surface area contributed by atoms with Crippen LogP contribution in [0.15, 0.2) is 18.2 Å². The number of ether oxygens (including phenoxy) is 1. The van der Waals surface area contributed by atoms with Crippen molar-refractivity contribution in [3.05, 3.63) is 29.6 Å². The molecule has 4 nitrogen and oxygen atoms in total. The Bertz CT molecular complexity index is 471. The molecule has 1 saturated heterocycles. The van der Waals surface area contributed by atoms with Crippen LogP contribution in [0.2, 0.25) is 0 Å². The number of hydrogen-bond acceptors (Lipinski definition) is 3. The summed E-state index contributed by atoms with van der Waals surface area (Å²) >= 11 is 0. The standard InChI is InChI=1S/C15H21FN2O2/c1-11(19)17-13-5-7-18(8-6-13)10-12-3-4-15(20-2)14(16)9-12/h3-4,9,13H,5-8,10H2,1-2H3,(H,17,19). The molecule has 2 rings (SSSR count). The van der Waals surface area contributed by atoms with Crippen molar-refractivity contribution in [2.24, 2.45) is 0 Å². The maximum Gasteiger partial charge on any atom is 0.217 e. The normalized spacial score (nSPS) is 16.9. The Hall–Kier alpha value is -1.62. The molecule has 1 heterocycles. The predicted molar refractivity (Wildman–Crippen MR) is 75.1 cm³/mol. The Morgan fingerprint density at radius 3 is 2.70 bits per heavy atom. The number of benzene rings is 1. The third-order valence-corrected chi connectivity index (χ3v) is 3.62. The topological polar surface area (TPSA) is 41.6 Å². The van der Waals surface area contributed by atoms with Crippen molar-refractivity contribution in [2.45, 2.75) is 32.4 Å². The number of rotatable bonds is 4. The van der Waals surface area contributed by atoms with Crippen LogP contribution in [0, 0.1) is 5.82 Å². The summed E-state index contributed by atoms with van der Waals surface area (Å²) in [6.07, 6.45) is 1.89. The predicted octanol–water partition coefficient (Wildman–Crippen LogP) is 1.93. The van der Waals surface area contributed by atoms with E-state index in [1.54, 1.807) is 13.0 Å². The average Bonchev–Trinajstić information content (AvgIpc) is 2.41. The van der Waals surface area contributed by atoms with Crippen LogP contribution in [0.3, 0.4) is 0 Å². The van der Waals surface area contributed by atoms with Gasteiger partial charge in [0.2, 0.25) is 5.91 Å². The number of likely N-dealkylation sites (tertiary alicyclic amines) is 1. The van der Waals surface area contributed by atoms with Crippen molar-refractivity contribution in [2.75, 3.05) is 20.2 Å².